The van der Waals surface area contributed by atoms with E-state index in [0.717, 1.165) is 24.7 Å². The summed E-state index contributed by atoms with van der Waals surface area (Å²) in [4.78, 5) is 23.1. The van der Waals surface area contributed by atoms with Gasteiger partial charge in [-0.2, -0.15) is 0 Å². The molecule has 0 spiro atoms. The molecule has 0 aliphatic carbocycles. The Hall–Kier alpha value is -1.24. The van der Waals surface area contributed by atoms with Gasteiger partial charge in [-0.05, 0) is 27.7 Å². The maximum absolute atomic E-state index is 11.0. The van der Waals surface area contributed by atoms with E-state index in [1.54, 1.807) is 21.0 Å². The number of amides is 2. The average molecular weight is 327 g/mol. The number of methoxy groups -OCH3 is 1. The lowest BCUT2D eigenvalue weighted by Gasteiger charge is -2.37. The molecule has 3 heterocycles. The number of imide groups is 1. The van der Waals surface area contributed by atoms with Gasteiger partial charge in [-0.25, -0.2) is 0 Å². The fourth-order valence-corrected chi connectivity index (χ4v) is 2.09. The summed E-state index contributed by atoms with van der Waals surface area (Å²) in [5, 5.41) is 0. The van der Waals surface area contributed by atoms with Crippen LogP contribution >= 0.6 is 0 Å². The molecule has 0 N–H and O–H groups in total. The maximum atomic E-state index is 11.0. The molecule has 6 nitrogen and oxygen atoms in total. The second kappa shape index (κ2) is 8.04. The quantitative estimate of drug-likeness (QED) is 0.571. The van der Waals surface area contributed by atoms with Gasteiger partial charge in [0.25, 0.3) is 11.8 Å². The van der Waals surface area contributed by atoms with Crippen molar-refractivity contribution in [1.82, 2.24) is 4.90 Å². The van der Waals surface area contributed by atoms with Gasteiger partial charge in [-0.15, -0.1) is 0 Å². The Morgan fingerprint density at radius 2 is 1.52 bits per heavy atom. The van der Waals surface area contributed by atoms with Crippen LogP contribution in [0.4, 0.5) is 0 Å². The smallest absolute Gasteiger partial charge is 0.256 e. The Bertz CT molecular complexity index is 451. The minimum atomic E-state index is -0.178. The fraction of sp³-hybridized carbons (Fsp3) is 0.765. The number of epoxide rings is 1. The van der Waals surface area contributed by atoms with E-state index in [-0.39, 0.29) is 11.8 Å². The molecule has 2 atom stereocenters. The van der Waals surface area contributed by atoms with Crippen molar-refractivity contribution in [3.05, 3.63) is 11.1 Å². The molecule has 2 saturated heterocycles. The summed E-state index contributed by atoms with van der Waals surface area (Å²) in [7, 11) is 3.22. The first-order valence-corrected chi connectivity index (χ1v) is 7.85. The average Bonchev–Trinajstić information content (AvgIpc) is 3.11. The van der Waals surface area contributed by atoms with Crippen molar-refractivity contribution in [3.63, 3.8) is 0 Å². The van der Waals surface area contributed by atoms with E-state index in [4.69, 9.17) is 14.2 Å². The van der Waals surface area contributed by atoms with Gasteiger partial charge >= 0.3 is 0 Å². The number of rotatable bonds is 2. The number of carbonyl (C=O) groups excluding carboxylic acids is 2. The van der Waals surface area contributed by atoms with Crippen LogP contribution in [0.1, 0.15) is 34.6 Å². The van der Waals surface area contributed by atoms with Gasteiger partial charge < -0.3 is 14.2 Å². The van der Waals surface area contributed by atoms with E-state index >= 15 is 0 Å². The summed E-state index contributed by atoms with van der Waals surface area (Å²) in [6.45, 7) is 12.2. The van der Waals surface area contributed by atoms with E-state index in [1.807, 2.05) is 0 Å². The second-order valence-electron chi connectivity index (χ2n) is 6.70. The molecule has 0 aromatic rings. The highest BCUT2D eigenvalue weighted by atomic mass is 16.6. The van der Waals surface area contributed by atoms with E-state index in [2.05, 4.69) is 20.8 Å². The van der Waals surface area contributed by atoms with Crippen LogP contribution < -0.4 is 0 Å². The molecule has 2 amide bonds. The molecule has 3 aliphatic heterocycles. The number of nitrogens with zero attached hydrogens (tertiary/aromatic N) is 1. The van der Waals surface area contributed by atoms with Crippen LogP contribution in [-0.2, 0) is 23.8 Å². The number of carbonyl (C=O) groups is 2. The van der Waals surface area contributed by atoms with Crippen molar-refractivity contribution in [2.24, 2.45) is 5.41 Å². The minimum absolute atomic E-state index is 0.178. The third-order valence-corrected chi connectivity index (χ3v) is 4.22. The Morgan fingerprint density at radius 3 is 1.61 bits per heavy atom. The molecule has 3 rings (SSSR count). The zero-order chi connectivity index (χ0) is 17.8. The van der Waals surface area contributed by atoms with E-state index in [1.165, 1.54) is 7.05 Å². The van der Waals surface area contributed by atoms with Gasteiger partial charge in [0.05, 0.1) is 32.0 Å². The zero-order valence-electron chi connectivity index (χ0n) is 15.3. The van der Waals surface area contributed by atoms with Gasteiger partial charge in [0, 0.05) is 30.7 Å². The van der Waals surface area contributed by atoms with Gasteiger partial charge in [-0.1, -0.05) is 6.92 Å². The molecule has 0 aromatic heterocycles. The predicted molar refractivity (Wildman–Crippen MR) is 87.0 cm³/mol. The third kappa shape index (κ3) is 5.41. The van der Waals surface area contributed by atoms with Crippen molar-refractivity contribution < 1.29 is 23.8 Å². The van der Waals surface area contributed by atoms with Crippen molar-refractivity contribution >= 4 is 11.8 Å². The molecule has 0 radical (unpaired) electrons. The molecular weight excluding hydrogens is 298 g/mol. The molecule has 132 valence electrons. The summed E-state index contributed by atoms with van der Waals surface area (Å²) in [5.41, 5.74) is 1.45. The van der Waals surface area contributed by atoms with Crippen molar-refractivity contribution in [1.29, 1.82) is 0 Å². The summed E-state index contributed by atoms with van der Waals surface area (Å²) >= 11 is 0. The highest BCUT2D eigenvalue weighted by molar-refractivity contribution is 6.18. The van der Waals surface area contributed by atoms with E-state index < -0.39 is 0 Å². The van der Waals surface area contributed by atoms with Gasteiger partial charge in [-0.3, -0.25) is 14.5 Å². The standard InChI is InChI=1S/C7H9NO2.C6H12O2.C4H8O/c1-4-5(2)7(10)8(3)6(4)9;1-6(3-7-2)4-8-5-6;1-3-4(2)5-3/h1-3H3;3-5H2,1-2H3;3-4H,1-2H3. The summed E-state index contributed by atoms with van der Waals surface area (Å²) in [5.74, 6) is -0.356. The fourth-order valence-electron chi connectivity index (χ4n) is 2.09. The van der Waals surface area contributed by atoms with Gasteiger partial charge in [0.15, 0.2) is 0 Å². The molecule has 2 fully saturated rings. The summed E-state index contributed by atoms with van der Waals surface area (Å²) in [6, 6.07) is 0. The highest BCUT2D eigenvalue weighted by Crippen LogP contribution is 2.25. The van der Waals surface area contributed by atoms with Crippen LogP contribution in [0.15, 0.2) is 11.1 Å². The number of hydrogen-bond acceptors (Lipinski definition) is 5. The van der Waals surface area contributed by atoms with Crippen LogP contribution in [0.25, 0.3) is 0 Å². The SMILES string of the molecule is CC1=C(C)C(=O)N(C)C1=O.CC1OC1C.COCC1(C)COC1. The van der Waals surface area contributed by atoms with Crippen molar-refractivity contribution in [3.8, 4) is 0 Å². The Balaban J connectivity index is 0.000000182. The normalized spacial score (nSPS) is 27.7. The second-order valence-corrected chi connectivity index (χ2v) is 6.70. The first-order valence-electron chi connectivity index (χ1n) is 7.85. The van der Waals surface area contributed by atoms with Crippen LogP contribution in [-0.4, -0.2) is 62.9 Å². The molecule has 0 saturated carbocycles. The molecule has 0 aromatic carbocycles. The first kappa shape index (κ1) is 19.8. The topological polar surface area (TPSA) is 68.4 Å². The highest BCUT2D eigenvalue weighted by Gasteiger charge is 2.33. The Kier molecular flexibility index (Phi) is 6.92. The summed E-state index contributed by atoms with van der Waals surface area (Å²) in [6.07, 6.45) is 1.10. The number of ether oxygens (including phenoxy) is 3. The molecule has 6 heteroatoms. The van der Waals surface area contributed by atoms with E-state index in [0.29, 0.717) is 28.8 Å². The summed E-state index contributed by atoms with van der Waals surface area (Å²) < 4.78 is 14.9. The number of hydrogen-bond donors (Lipinski definition) is 0. The van der Waals surface area contributed by atoms with Crippen LogP contribution in [0.2, 0.25) is 0 Å². The predicted octanol–water partition coefficient (Wildman–Crippen LogP) is 1.78. The largest absolute Gasteiger partial charge is 0.384 e. The van der Waals surface area contributed by atoms with Crippen molar-refractivity contribution in [2.45, 2.75) is 46.8 Å². The molecular formula is C17H29NO5. The first-order chi connectivity index (χ1) is 10.6. The maximum Gasteiger partial charge on any atom is 0.256 e. The zero-order valence-corrected chi connectivity index (χ0v) is 15.3. The Labute approximate surface area is 138 Å². The molecule has 0 bridgehead atoms. The van der Waals surface area contributed by atoms with Gasteiger partial charge in [0.1, 0.15) is 0 Å². The lowest BCUT2D eigenvalue weighted by atomic mass is 9.90. The van der Waals surface area contributed by atoms with Crippen LogP contribution in [0.3, 0.4) is 0 Å². The molecule has 2 unspecified atom stereocenters. The lowest BCUT2D eigenvalue weighted by molar-refractivity contribution is -0.135. The van der Waals surface area contributed by atoms with Gasteiger partial charge in [0.2, 0.25) is 0 Å². The minimum Gasteiger partial charge on any atom is -0.384 e. The van der Waals surface area contributed by atoms with Crippen LogP contribution in [0, 0.1) is 5.41 Å². The monoisotopic (exact) mass is 327 g/mol. The molecule has 23 heavy (non-hydrogen) atoms. The third-order valence-electron chi connectivity index (χ3n) is 4.22. The molecule has 3 aliphatic rings. The van der Waals surface area contributed by atoms with Crippen LogP contribution in [0.5, 0.6) is 0 Å². The van der Waals surface area contributed by atoms with Crippen molar-refractivity contribution in [2.75, 3.05) is 34.0 Å². The Morgan fingerprint density at radius 1 is 1.13 bits per heavy atom. The number of likely N-dealkylation sites (N-methyl/N-ethyl adjacent to an activating group) is 1. The van der Waals surface area contributed by atoms with E-state index in [9.17, 15) is 9.59 Å². The lowest BCUT2D eigenvalue weighted by Crippen LogP contribution is -2.43.